The van der Waals surface area contributed by atoms with Crippen molar-refractivity contribution in [1.82, 2.24) is 0 Å². The SMILES string of the molecule is F/C(=C\C(F)(F)F)C1CCC(C(F)(F)Oc2ccc(-c3ccc(C4CCCCC4)cc3)cc2F)CC1. The Balaban J connectivity index is 1.38. The molecule has 2 aliphatic carbocycles. The van der Waals surface area contributed by atoms with Crippen LogP contribution in [0.2, 0.25) is 0 Å². The van der Waals surface area contributed by atoms with E-state index in [0.717, 1.165) is 30.5 Å². The van der Waals surface area contributed by atoms with Crippen molar-refractivity contribution in [3.63, 3.8) is 0 Å². The van der Waals surface area contributed by atoms with E-state index in [1.54, 1.807) is 0 Å². The first-order chi connectivity index (χ1) is 17.0. The molecule has 0 N–H and O–H groups in total. The molecule has 1 nitrogen and oxygen atoms in total. The average Bonchev–Trinajstić information content (AvgIpc) is 2.85. The summed E-state index contributed by atoms with van der Waals surface area (Å²) in [5.74, 6) is -4.75. The molecule has 0 amide bonds. The zero-order valence-electron chi connectivity index (χ0n) is 19.8. The largest absolute Gasteiger partial charge is 0.429 e. The number of ether oxygens (including phenoxy) is 1. The molecule has 2 saturated carbocycles. The van der Waals surface area contributed by atoms with E-state index in [9.17, 15) is 30.7 Å². The van der Waals surface area contributed by atoms with Crippen LogP contribution in [0.25, 0.3) is 11.1 Å². The second kappa shape index (κ2) is 10.9. The molecule has 0 atom stereocenters. The fourth-order valence-corrected chi connectivity index (χ4v) is 5.36. The molecule has 0 heterocycles. The summed E-state index contributed by atoms with van der Waals surface area (Å²) in [7, 11) is 0. The maximum Gasteiger partial charge on any atom is 0.412 e. The minimum atomic E-state index is -4.80. The molecule has 196 valence electrons. The number of alkyl halides is 5. The van der Waals surface area contributed by atoms with Gasteiger partial charge in [0.15, 0.2) is 11.6 Å². The summed E-state index contributed by atoms with van der Waals surface area (Å²) >= 11 is 0. The number of benzene rings is 2. The highest BCUT2D eigenvalue weighted by atomic mass is 19.4. The van der Waals surface area contributed by atoms with Crippen molar-refractivity contribution >= 4 is 0 Å². The quantitative estimate of drug-likeness (QED) is 0.349. The first kappa shape index (κ1) is 26.6. The maximum atomic E-state index is 14.7. The summed E-state index contributed by atoms with van der Waals surface area (Å²) in [5.41, 5.74) is 2.55. The Morgan fingerprint density at radius 2 is 1.39 bits per heavy atom. The molecular weight excluding hydrogens is 485 g/mol. The van der Waals surface area contributed by atoms with Crippen molar-refractivity contribution in [2.45, 2.75) is 76.0 Å². The summed E-state index contributed by atoms with van der Waals surface area (Å²) in [6.07, 6.45) is -3.73. The van der Waals surface area contributed by atoms with E-state index < -0.39 is 47.6 Å². The molecule has 0 unspecified atom stereocenters. The van der Waals surface area contributed by atoms with Crippen LogP contribution < -0.4 is 4.74 Å². The van der Waals surface area contributed by atoms with Crippen molar-refractivity contribution in [1.29, 1.82) is 0 Å². The molecule has 0 spiro atoms. The summed E-state index contributed by atoms with van der Waals surface area (Å²) in [4.78, 5) is 0. The molecule has 0 radical (unpaired) electrons. The lowest BCUT2D eigenvalue weighted by Gasteiger charge is -2.33. The predicted molar refractivity (Wildman–Crippen MR) is 124 cm³/mol. The number of hydrogen-bond donors (Lipinski definition) is 0. The van der Waals surface area contributed by atoms with Gasteiger partial charge in [-0.05, 0) is 73.3 Å². The Kier molecular flexibility index (Phi) is 8.00. The third-order valence-electron chi connectivity index (χ3n) is 7.39. The molecule has 0 aromatic heterocycles. The Morgan fingerprint density at radius 1 is 0.778 bits per heavy atom. The van der Waals surface area contributed by atoms with Gasteiger partial charge in [-0.2, -0.15) is 22.0 Å². The standard InChI is InChI=1S/C28H29F7O/c29-24-16-22(20-8-6-19(7-9-20)18-4-2-1-3-5-18)12-15-26(24)36-28(34,35)23-13-10-21(11-14-23)25(30)17-27(31,32)33/h6-9,12,15-18,21,23H,1-5,10-11,13-14H2/b25-17-. The van der Waals surface area contributed by atoms with Gasteiger partial charge in [0.25, 0.3) is 0 Å². The van der Waals surface area contributed by atoms with Crippen molar-refractivity contribution in [3.8, 4) is 16.9 Å². The highest BCUT2D eigenvalue weighted by Gasteiger charge is 2.45. The van der Waals surface area contributed by atoms with Crippen molar-refractivity contribution in [2.24, 2.45) is 11.8 Å². The molecule has 36 heavy (non-hydrogen) atoms. The fourth-order valence-electron chi connectivity index (χ4n) is 5.36. The molecule has 2 aromatic carbocycles. The van der Waals surface area contributed by atoms with E-state index in [4.69, 9.17) is 4.74 Å². The number of rotatable bonds is 6. The van der Waals surface area contributed by atoms with E-state index >= 15 is 0 Å². The second-order valence-corrected chi connectivity index (χ2v) is 9.89. The highest BCUT2D eigenvalue weighted by Crippen LogP contribution is 2.43. The highest BCUT2D eigenvalue weighted by molar-refractivity contribution is 5.64. The van der Waals surface area contributed by atoms with E-state index in [1.165, 1.54) is 30.9 Å². The zero-order chi connectivity index (χ0) is 25.9. The molecule has 0 aliphatic heterocycles. The van der Waals surface area contributed by atoms with Gasteiger partial charge in [0, 0.05) is 5.92 Å². The van der Waals surface area contributed by atoms with Crippen LogP contribution in [0.15, 0.2) is 54.4 Å². The summed E-state index contributed by atoms with van der Waals surface area (Å²) < 4.78 is 99.7. The number of halogens is 7. The van der Waals surface area contributed by atoms with E-state index in [2.05, 4.69) is 0 Å². The van der Waals surface area contributed by atoms with Crippen LogP contribution in [0.5, 0.6) is 5.75 Å². The Labute approximate surface area is 206 Å². The predicted octanol–water partition coefficient (Wildman–Crippen LogP) is 9.73. The summed E-state index contributed by atoms with van der Waals surface area (Å²) in [6.45, 7) is 0. The van der Waals surface area contributed by atoms with Gasteiger partial charge in [-0.3, -0.25) is 0 Å². The average molecular weight is 515 g/mol. The van der Waals surface area contributed by atoms with Gasteiger partial charge in [0.2, 0.25) is 0 Å². The number of allylic oxidation sites excluding steroid dienone is 2. The van der Waals surface area contributed by atoms with Crippen LogP contribution in [0.1, 0.15) is 69.3 Å². The van der Waals surface area contributed by atoms with Gasteiger partial charge in [-0.1, -0.05) is 49.6 Å². The molecule has 0 saturated heterocycles. The monoisotopic (exact) mass is 514 g/mol. The Morgan fingerprint density at radius 3 is 1.97 bits per heavy atom. The molecule has 8 heteroatoms. The lowest BCUT2D eigenvalue weighted by atomic mass is 9.80. The normalized spacial score (nSPS) is 22.5. The van der Waals surface area contributed by atoms with Crippen LogP contribution in [0, 0.1) is 17.7 Å². The topological polar surface area (TPSA) is 9.23 Å². The second-order valence-electron chi connectivity index (χ2n) is 9.89. The minimum absolute atomic E-state index is 0.166. The Bertz CT molecular complexity index is 1040. The maximum absolute atomic E-state index is 14.7. The lowest BCUT2D eigenvalue weighted by Crippen LogP contribution is -2.37. The lowest BCUT2D eigenvalue weighted by molar-refractivity contribution is -0.224. The van der Waals surface area contributed by atoms with Gasteiger partial charge < -0.3 is 4.74 Å². The third kappa shape index (κ3) is 6.62. The van der Waals surface area contributed by atoms with Gasteiger partial charge in [0.1, 0.15) is 5.83 Å². The van der Waals surface area contributed by atoms with Crippen molar-refractivity contribution in [3.05, 3.63) is 65.7 Å². The third-order valence-corrected chi connectivity index (χ3v) is 7.39. The molecule has 2 aliphatic rings. The smallest absolute Gasteiger partial charge is 0.412 e. The van der Waals surface area contributed by atoms with Crippen LogP contribution in [-0.2, 0) is 0 Å². The van der Waals surface area contributed by atoms with Gasteiger partial charge in [0.05, 0.1) is 12.0 Å². The van der Waals surface area contributed by atoms with Crippen LogP contribution in [0.4, 0.5) is 30.7 Å². The van der Waals surface area contributed by atoms with E-state index in [1.807, 2.05) is 24.3 Å². The van der Waals surface area contributed by atoms with E-state index in [0.29, 0.717) is 11.5 Å². The van der Waals surface area contributed by atoms with Gasteiger partial charge in [-0.15, -0.1) is 0 Å². The Hall–Kier alpha value is -2.51. The van der Waals surface area contributed by atoms with Gasteiger partial charge in [-0.25, -0.2) is 8.78 Å². The first-order valence-corrected chi connectivity index (χ1v) is 12.4. The first-order valence-electron chi connectivity index (χ1n) is 12.4. The minimum Gasteiger partial charge on any atom is -0.429 e. The van der Waals surface area contributed by atoms with Crippen LogP contribution in [-0.4, -0.2) is 12.3 Å². The molecule has 0 bridgehead atoms. The molecular formula is C28H29F7O. The summed E-state index contributed by atoms with van der Waals surface area (Å²) in [5, 5.41) is 0. The molecule has 4 rings (SSSR count). The van der Waals surface area contributed by atoms with Crippen molar-refractivity contribution < 1.29 is 35.5 Å². The zero-order valence-corrected chi connectivity index (χ0v) is 19.8. The van der Waals surface area contributed by atoms with Crippen LogP contribution in [0.3, 0.4) is 0 Å². The molecule has 2 aromatic rings. The molecule has 2 fully saturated rings. The van der Waals surface area contributed by atoms with E-state index in [-0.39, 0.29) is 25.7 Å². The fraction of sp³-hybridized carbons (Fsp3) is 0.500. The van der Waals surface area contributed by atoms with Crippen LogP contribution >= 0.6 is 0 Å². The van der Waals surface area contributed by atoms with Gasteiger partial charge >= 0.3 is 12.3 Å². The van der Waals surface area contributed by atoms with Crippen molar-refractivity contribution in [2.75, 3.05) is 0 Å². The summed E-state index contributed by atoms with van der Waals surface area (Å²) in [6, 6.07) is 11.7. The number of hydrogen-bond acceptors (Lipinski definition) is 1.